The van der Waals surface area contributed by atoms with E-state index in [9.17, 15) is 4.79 Å². The third-order valence-corrected chi connectivity index (χ3v) is 6.79. The van der Waals surface area contributed by atoms with Crippen LogP contribution < -0.4 is 10.2 Å². The number of amides is 1. The zero-order valence-corrected chi connectivity index (χ0v) is 19.1. The van der Waals surface area contributed by atoms with E-state index in [1.54, 1.807) is 13.3 Å². The lowest BCUT2D eigenvalue weighted by Crippen LogP contribution is -2.65. The molecule has 1 amide bonds. The summed E-state index contributed by atoms with van der Waals surface area (Å²) in [6, 6.07) is 1.11. The van der Waals surface area contributed by atoms with Crippen molar-refractivity contribution in [2.24, 2.45) is 11.8 Å². The molecule has 10 heteroatoms. The molecule has 0 saturated carbocycles. The molecule has 4 heterocycles. The highest BCUT2D eigenvalue weighted by atomic mass is 16.3. The standard InChI is InChI=1S/C20H31N5O.2CH2O2/c1-13-14(2)22-12-23-20(13)24-10-16-8-17(11-24)19(9-21-15(3)26)25-7-5-4-6-18(16)25;2*2-1-3/h12,16-19H,4-11H2,1-3H3,(H,21,26);2*1H,(H,2,3)/t16-,17+,18+,19+;;/m1../s1. The minimum absolute atomic E-state index is 0.0793. The number of fused-ring (bicyclic) bond motifs is 4. The van der Waals surface area contributed by atoms with Crippen LogP contribution in [-0.2, 0) is 14.4 Å². The molecule has 0 radical (unpaired) electrons. The van der Waals surface area contributed by atoms with Gasteiger partial charge in [0.1, 0.15) is 12.1 Å². The molecule has 3 fully saturated rings. The van der Waals surface area contributed by atoms with E-state index in [1.165, 1.54) is 37.8 Å². The fourth-order valence-electron chi connectivity index (χ4n) is 5.45. The molecule has 3 aliphatic heterocycles. The Morgan fingerprint density at radius 3 is 2.47 bits per heavy atom. The van der Waals surface area contributed by atoms with Crippen molar-refractivity contribution in [2.75, 3.05) is 31.1 Å². The zero-order chi connectivity index (χ0) is 23.7. The lowest BCUT2D eigenvalue weighted by molar-refractivity contribution is -0.123. The summed E-state index contributed by atoms with van der Waals surface area (Å²) in [5, 5.41) is 16.9. The van der Waals surface area contributed by atoms with Gasteiger partial charge in [-0.25, -0.2) is 9.97 Å². The first-order chi connectivity index (χ1) is 15.4. The van der Waals surface area contributed by atoms with E-state index >= 15 is 0 Å². The molecule has 4 rings (SSSR count). The van der Waals surface area contributed by atoms with E-state index in [0.717, 1.165) is 31.1 Å². The molecule has 3 N–H and O–H groups in total. The number of carbonyl (C=O) groups is 3. The highest BCUT2D eigenvalue weighted by molar-refractivity contribution is 5.72. The van der Waals surface area contributed by atoms with E-state index in [4.69, 9.17) is 19.8 Å². The van der Waals surface area contributed by atoms with E-state index in [2.05, 4.69) is 38.9 Å². The zero-order valence-electron chi connectivity index (χ0n) is 19.1. The number of anilines is 1. The first kappa shape index (κ1) is 25.5. The molecule has 10 nitrogen and oxygen atoms in total. The fraction of sp³-hybridized carbons (Fsp3) is 0.682. The van der Waals surface area contributed by atoms with Crippen molar-refractivity contribution >= 4 is 24.7 Å². The van der Waals surface area contributed by atoms with E-state index in [0.29, 0.717) is 23.9 Å². The van der Waals surface area contributed by atoms with Gasteiger partial charge in [-0.05, 0) is 51.5 Å². The number of piperidine rings is 3. The number of nitrogens with one attached hydrogen (secondary N) is 1. The summed E-state index contributed by atoms with van der Waals surface area (Å²) in [7, 11) is 0. The SMILES string of the molecule is CC(=O)NC[C@H]1[C@H]2C[C@H](CN(c3ncnc(C)c3C)C2)[C@@H]2CCCCN21.O=CO.O=CO. The van der Waals surface area contributed by atoms with Crippen LogP contribution in [0.5, 0.6) is 0 Å². The van der Waals surface area contributed by atoms with Gasteiger partial charge in [0.2, 0.25) is 5.91 Å². The van der Waals surface area contributed by atoms with Gasteiger partial charge in [0.05, 0.1) is 0 Å². The maximum absolute atomic E-state index is 11.5. The van der Waals surface area contributed by atoms with Gasteiger partial charge < -0.3 is 20.4 Å². The first-order valence-electron chi connectivity index (χ1n) is 11.1. The second-order valence-electron chi connectivity index (χ2n) is 8.58. The van der Waals surface area contributed by atoms with E-state index < -0.39 is 0 Å². The molecular weight excluding hydrogens is 414 g/mol. The second kappa shape index (κ2) is 12.3. The van der Waals surface area contributed by atoms with Gasteiger partial charge in [-0.15, -0.1) is 0 Å². The van der Waals surface area contributed by atoms with Gasteiger partial charge in [0, 0.05) is 49.9 Å². The Labute approximate surface area is 189 Å². The molecule has 0 aromatic carbocycles. The Morgan fingerprint density at radius 2 is 1.81 bits per heavy atom. The molecule has 178 valence electrons. The normalized spacial score (nSPS) is 26.3. The summed E-state index contributed by atoms with van der Waals surface area (Å²) < 4.78 is 0. The maximum atomic E-state index is 11.5. The van der Waals surface area contributed by atoms with Crippen LogP contribution in [0.25, 0.3) is 0 Å². The smallest absolute Gasteiger partial charge is 0.290 e. The number of aromatic nitrogens is 2. The Balaban J connectivity index is 0.000000547. The minimum Gasteiger partial charge on any atom is -0.483 e. The van der Waals surface area contributed by atoms with Crippen molar-refractivity contribution in [3.63, 3.8) is 0 Å². The lowest BCUT2D eigenvalue weighted by Gasteiger charge is -2.57. The Hall–Kier alpha value is -2.75. The number of hydrogen-bond acceptors (Lipinski definition) is 7. The quantitative estimate of drug-likeness (QED) is 0.583. The molecule has 1 aromatic rings. The summed E-state index contributed by atoms with van der Waals surface area (Å²) in [5.74, 6) is 2.48. The van der Waals surface area contributed by atoms with Crippen molar-refractivity contribution in [1.82, 2.24) is 20.2 Å². The van der Waals surface area contributed by atoms with Crippen LogP contribution in [0, 0.1) is 25.7 Å². The van der Waals surface area contributed by atoms with Crippen LogP contribution in [0.2, 0.25) is 0 Å². The molecule has 3 saturated heterocycles. The van der Waals surface area contributed by atoms with Crippen LogP contribution in [0.15, 0.2) is 6.33 Å². The summed E-state index contributed by atoms with van der Waals surface area (Å²) >= 11 is 0. The summed E-state index contributed by atoms with van der Waals surface area (Å²) in [4.78, 5) is 42.4. The maximum Gasteiger partial charge on any atom is 0.290 e. The molecule has 0 aliphatic carbocycles. The largest absolute Gasteiger partial charge is 0.483 e. The summed E-state index contributed by atoms with van der Waals surface area (Å²) in [5.41, 5.74) is 2.27. The van der Waals surface area contributed by atoms with Gasteiger partial charge in [-0.1, -0.05) is 6.42 Å². The van der Waals surface area contributed by atoms with Crippen molar-refractivity contribution < 1.29 is 24.6 Å². The average Bonchev–Trinajstić information content (AvgIpc) is 2.76. The van der Waals surface area contributed by atoms with E-state index in [-0.39, 0.29) is 18.9 Å². The van der Waals surface area contributed by atoms with Gasteiger partial charge in [0.25, 0.3) is 12.9 Å². The minimum atomic E-state index is -0.250. The first-order valence-corrected chi connectivity index (χ1v) is 11.1. The monoisotopic (exact) mass is 449 g/mol. The van der Waals surface area contributed by atoms with Crippen LogP contribution in [0.4, 0.5) is 5.82 Å². The van der Waals surface area contributed by atoms with Crippen molar-refractivity contribution in [2.45, 2.75) is 58.5 Å². The van der Waals surface area contributed by atoms with Crippen LogP contribution in [-0.4, -0.2) is 82.2 Å². The molecule has 1 aromatic heterocycles. The predicted octanol–water partition coefficient (Wildman–Crippen LogP) is 1.31. The van der Waals surface area contributed by atoms with Crippen molar-refractivity contribution in [3.8, 4) is 0 Å². The molecule has 0 unspecified atom stereocenters. The number of rotatable bonds is 3. The Bertz CT molecular complexity index is 771. The number of carbonyl (C=O) groups excluding carboxylic acids is 1. The average molecular weight is 450 g/mol. The van der Waals surface area contributed by atoms with Crippen LogP contribution in [0.1, 0.15) is 43.9 Å². The molecule has 4 atom stereocenters. The Kier molecular flexibility index (Phi) is 9.83. The molecule has 2 bridgehead atoms. The predicted molar refractivity (Wildman–Crippen MR) is 120 cm³/mol. The van der Waals surface area contributed by atoms with E-state index in [1.807, 2.05) is 0 Å². The van der Waals surface area contributed by atoms with Gasteiger partial charge >= 0.3 is 0 Å². The highest BCUT2D eigenvalue weighted by Crippen LogP contribution is 2.42. The molecule has 3 aliphatic rings. The van der Waals surface area contributed by atoms with Gasteiger partial charge in [0.15, 0.2) is 0 Å². The molecular formula is C22H35N5O5. The topological polar surface area (TPSA) is 136 Å². The molecule has 32 heavy (non-hydrogen) atoms. The molecule has 0 spiro atoms. The number of aryl methyl sites for hydroxylation is 1. The van der Waals surface area contributed by atoms with Crippen LogP contribution in [0.3, 0.4) is 0 Å². The third kappa shape index (κ3) is 6.15. The number of nitrogens with zero attached hydrogens (tertiary/aromatic N) is 4. The Morgan fingerprint density at radius 1 is 1.16 bits per heavy atom. The van der Waals surface area contributed by atoms with Crippen molar-refractivity contribution in [3.05, 3.63) is 17.6 Å². The van der Waals surface area contributed by atoms with Crippen LogP contribution >= 0.6 is 0 Å². The third-order valence-electron chi connectivity index (χ3n) is 6.79. The number of hydrogen-bond donors (Lipinski definition) is 3. The van der Waals surface area contributed by atoms with Crippen molar-refractivity contribution in [1.29, 1.82) is 0 Å². The summed E-state index contributed by atoms with van der Waals surface area (Å²) in [6.45, 7) is 9.42. The fourth-order valence-corrected chi connectivity index (χ4v) is 5.45. The number of carboxylic acid groups (broad SMARTS) is 2. The van der Waals surface area contributed by atoms with Gasteiger partial charge in [-0.3, -0.25) is 19.3 Å². The highest BCUT2D eigenvalue weighted by Gasteiger charge is 2.47. The van der Waals surface area contributed by atoms with Gasteiger partial charge in [-0.2, -0.15) is 0 Å². The summed E-state index contributed by atoms with van der Waals surface area (Å²) in [6.07, 6.45) is 6.90. The lowest BCUT2D eigenvalue weighted by atomic mass is 9.72. The second-order valence-corrected chi connectivity index (χ2v) is 8.58.